The molecular formula is C23H22N2O3S2. The molecule has 0 saturated carbocycles. The number of amides is 1. The Morgan fingerprint density at radius 3 is 2.77 bits per heavy atom. The lowest BCUT2D eigenvalue weighted by Gasteiger charge is -2.02. The number of fused-ring (bicyclic) bond motifs is 1. The van der Waals surface area contributed by atoms with Crippen molar-refractivity contribution < 1.29 is 14.3 Å². The van der Waals surface area contributed by atoms with Crippen LogP contribution >= 0.6 is 23.1 Å². The van der Waals surface area contributed by atoms with E-state index >= 15 is 0 Å². The van der Waals surface area contributed by atoms with Crippen molar-refractivity contribution >= 4 is 45.2 Å². The molecule has 154 valence electrons. The monoisotopic (exact) mass is 438 g/mol. The van der Waals surface area contributed by atoms with E-state index in [1.54, 1.807) is 18.2 Å². The van der Waals surface area contributed by atoms with Gasteiger partial charge in [0.05, 0.1) is 29.4 Å². The highest BCUT2D eigenvalue weighted by Gasteiger charge is 2.11. The zero-order valence-corrected chi connectivity index (χ0v) is 18.3. The maximum Gasteiger partial charge on any atom is 0.337 e. The van der Waals surface area contributed by atoms with Crippen molar-refractivity contribution in [2.45, 2.75) is 25.1 Å². The number of methoxy groups -OCH3 is 1. The van der Waals surface area contributed by atoms with Crippen LogP contribution in [0.2, 0.25) is 0 Å². The van der Waals surface area contributed by atoms with Gasteiger partial charge in [-0.3, -0.25) is 4.79 Å². The Kier molecular flexibility index (Phi) is 7.89. The molecule has 1 amide bonds. The summed E-state index contributed by atoms with van der Waals surface area (Å²) in [5, 5.41) is 0. The van der Waals surface area contributed by atoms with E-state index in [9.17, 15) is 9.59 Å². The summed E-state index contributed by atoms with van der Waals surface area (Å²) in [7, 11) is 1.34. The second-order valence-corrected chi connectivity index (χ2v) is 8.61. The van der Waals surface area contributed by atoms with Gasteiger partial charge in [0.2, 0.25) is 5.91 Å². The van der Waals surface area contributed by atoms with E-state index in [4.69, 9.17) is 11.2 Å². The molecule has 0 unspecified atom stereocenters. The molecule has 0 N–H and O–H groups in total. The van der Waals surface area contributed by atoms with Crippen LogP contribution in [0.15, 0.2) is 53.5 Å². The minimum atomic E-state index is -0.406. The maximum atomic E-state index is 12.4. The van der Waals surface area contributed by atoms with Crippen molar-refractivity contribution in [3.8, 4) is 12.3 Å². The summed E-state index contributed by atoms with van der Waals surface area (Å²) in [4.78, 5) is 29.0. The molecule has 0 aliphatic heterocycles. The third-order valence-corrected chi connectivity index (χ3v) is 6.52. The highest BCUT2D eigenvalue weighted by Crippen LogP contribution is 2.20. The zero-order chi connectivity index (χ0) is 21.3. The molecule has 3 aromatic rings. The standard InChI is InChI=1S/C23H22N2O3S2/c1-3-13-25-19-12-11-18(22(27)28-2)15-20(19)30-23(25)24-21(26)10-7-14-29-16-17-8-5-4-6-9-17/h1,4-6,8-9,11-12,15H,7,10,13-14,16H2,2H3. The predicted octanol–water partition coefficient (Wildman–Crippen LogP) is 4.26. The van der Waals surface area contributed by atoms with Gasteiger partial charge in [-0.1, -0.05) is 47.6 Å². The first-order valence-electron chi connectivity index (χ1n) is 9.46. The fraction of sp³-hybridized carbons (Fsp3) is 0.261. The van der Waals surface area contributed by atoms with Crippen LogP contribution in [0.5, 0.6) is 0 Å². The molecule has 1 aromatic heterocycles. The number of nitrogens with zero attached hydrogens (tertiary/aromatic N) is 2. The van der Waals surface area contributed by atoms with Gasteiger partial charge in [-0.05, 0) is 35.9 Å². The second kappa shape index (κ2) is 10.8. The van der Waals surface area contributed by atoms with Crippen molar-refractivity contribution in [2.24, 2.45) is 4.99 Å². The van der Waals surface area contributed by atoms with Gasteiger partial charge in [0, 0.05) is 12.2 Å². The molecule has 0 saturated heterocycles. The molecule has 0 spiro atoms. The van der Waals surface area contributed by atoms with Gasteiger partial charge < -0.3 is 9.30 Å². The first-order valence-corrected chi connectivity index (χ1v) is 11.4. The molecule has 0 aliphatic rings. The molecule has 3 rings (SSSR count). The number of thiazole rings is 1. The van der Waals surface area contributed by atoms with Crippen LogP contribution in [0.4, 0.5) is 0 Å². The summed E-state index contributed by atoms with van der Waals surface area (Å²) in [6, 6.07) is 15.5. The molecule has 1 heterocycles. The van der Waals surface area contributed by atoms with Gasteiger partial charge in [0.15, 0.2) is 4.80 Å². The van der Waals surface area contributed by atoms with E-state index in [2.05, 4.69) is 23.0 Å². The van der Waals surface area contributed by atoms with Crippen molar-refractivity contribution in [1.82, 2.24) is 4.57 Å². The van der Waals surface area contributed by atoms with Crippen molar-refractivity contribution in [3.63, 3.8) is 0 Å². The third-order valence-electron chi connectivity index (χ3n) is 4.36. The van der Waals surface area contributed by atoms with Crippen LogP contribution in [-0.2, 0) is 21.8 Å². The van der Waals surface area contributed by atoms with Gasteiger partial charge >= 0.3 is 5.97 Å². The molecular weight excluding hydrogens is 416 g/mol. The Labute approximate surface area is 183 Å². The molecule has 0 fully saturated rings. The van der Waals surface area contributed by atoms with E-state index in [0.29, 0.717) is 23.3 Å². The molecule has 5 nitrogen and oxygen atoms in total. The quantitative estimate of drug-likeness (QED) is 0.299. The molecule has 0 aliphatic carbocycles. The molecule has 0 radical (unpaired) electrons. The topological polar surface area (TPSA) is 60.7 Å². The zero-order valence-electron chi connectivity index (χ0n) is 16.7. The predicted molar refractivity (Wildman–Crippen MR) is 122 cm³/mol. The minimum absolute atomic E-state index is 0.166. The normalized spacial score (nSPS) is 11.4. The first kappa shape index (κ1) is 21.9. The number of benzene rings is 2. The van der Waals surface area contributed by atoms with Crippen LogP contribution in [0.25, 0.3) is 10.2 Å². The van der Waals surface area contributed by atoms with Gasteiger partial charge in [-0.2, -0.15) is 16.8 Å². The number of ether oxygens (including phenoxy) is 1. The molecule has 7 heteroatoms. The number of carbonyl (C=O) groups is 2. The van der Waals surface area contributed by atoms with E-state index in [0.717, 1.165) is 28.1 Å². The van der Waals surface area contributed by atoms with Gasteiger partial charge in [0.1, 0.15) is 0 Å². The highest BCUT2D eigenvalue weighted by molar-refractivity contribution is 7.98. The Hall–Kier alpha value is -2.82. The Bertz CT molecular complexity index is 1140. The lowest BCUT2D eigenvalue weighted by atomic mass is 10.2. The number of terminal acetylenes is 1. The number of rotatable bonds is 8. The summed E-state index contributed by atoms with van der Waals surface area (Å²) in [5.74, 6) is 3.87. The number of hydrogen-bond acceptors (Lipinski definition) is 5. The Morgan fingerprint density at radius 1 is 1.23 bits per heavy atom. The molecule has 0 bridgehead atoms. The van der Waals surface area contributed by atoms with Crippen LogP contribution in [-0.4, -0.2) is 29.3 Å². The average Bonchev–Trinajstić information content (AvgIpc) is 3.10. The van der Waals surface area contributed by atoms with Crippen LogP contribution < -0.4 is 4.80 Å². The van der Waals surface area contributed by atoms with E-state index in [1.807, 2.05) is 34.5 Å². The number of esters is 1. The van der Waals surface area contributed by atoms with Gasteiger partial charge in [-0.25, -0.2) is 4.79 Å². The summed E-state index contributed by atoms with van der Waals surface area (Å²) >= 11 is 3.15. The smallest absolute Gasteiger partial charge is 0.337 e. The fourth-order valence-corrected chi connectivity index (χ4v) is 4.91. The molecule has 0 atom stereocenters. The minimum Gasteiger partial charge on any atom is -0.465 e. The summed E-state index contributed by atoms with van der Waals surface area (Å²) < 4.78 is 7.43. The summed E-state index contributed by atoms with van der Waals surface area (Å²) in [6.45, 7) is 0.302. The number of aromatic nitrogens is 1. The molecule has 30 heavy (non-hydrogen) atoms. The second-order valence-electron chi connectivity index (χ2n) is 6.50. The SMILES string of the molecule is C#CCn1c(=NC(=O)CCCSCc2ccccc2)sc2cc(C(=O)OC)ccc21. The third kappa shape index (κ3) is 5.62. The van der Waals surface area contributed by atoms with Crippen molar-refractivity contribution in [1.29, 1.82) is 0 Å². The van der Waals surface area contributed by atoms with Crippen molar-refractivity contribution in [3.05, 3.63) is 64.5 Å². The van der Waals surface area contributed by atoms with Crippen LogP contribution in [0.1, 0.15) is 28.8 Å². The number of carbonyl (C=O) groups excluding carboxylic acids is 2. The fourth-order valence-electron chi connectivity index (χ4n) is 2.90. The van der Waals surface area contributed by atoms with Crippen LogP contribution in [0, 0.1) is 12.3 Å². The molecule has 2 aromatic carbocycles. The average molecular weight is 439 g/mol. The lowest BCUT2D eigenvalue weighted by molar-refractivity contribution is -0.118. The Morgan fingerprint density at radius 2 is 2.03 bits per heavy atom. The first-order chi connectivity index (χ1) is 14.6. The summed E-state index contributed by atoms with van der Waals surface area (Å²) in [5.41, 5.74) is 2.58. The highest BCUT2D eigenvalue weighted by atomic mass is 32.2. The van der Waals surface area contributed by atoms with E-state index in [1.165, 1.54) is 24.0 Å². The lowest BCUT2D eigenvalue weighted by Crippen LogP contribution is -2.16. The number of hydrogen-bond donors (Lipinski definition) is 0. The number of thioether (sulfide) groups is 1. The van der Waals surface area contributed by atoms with Crippen LogP contribution in [0.3, 0.4) is 0 Å². The van der Waals surface area contributed by atoms with E-state index in [-0.39, 0.29) is 5.91 Å². The van der Waals surface area contributed by atoms with Gasteiger partial charge in [0.25, 0.3) is 0 Å². The summed E-state index contributed by atoms with van der Waals surface area (Å²) in [6.07, 6.45) is 6.66. The maximum absolute atomic E-state index is 12.4. The van der Waals surface area contributed by atoms with Gasteiger partial charge in [-0.15, -0.1) is 6.42 Å². The Balaban J connectivity index is 1.67. The van der Waals surface area contributed by atoms with E-state index < -0.39 is 5.97 Å². The largest absolute Gasteiger partial charge is 0.465 e. The van der Waals surface area contributed by atoms with Crippen molar-refractivity contribution in [2.75, 3.05) is 12.9 Å².